The number of hydrogen-bond acceptors (Lipinski definition) is 5. The number of sulfonamides is 1. The van der Waals surface area contributed by atoms with Crippen LogP contribution in [0.4, 0.5) is 0 Å². The Morgan fingerprint density at radius 1 is 1.53 bits per heavy atom. The van der Waals surface area contributed by atoms with E-state index in [-0.39, 0.29) is 0 Å². The zero-order valence-electron chi connectivity index (χ0n) is 10.0. The van der Waals surface area contributed by atoms with Crippen LogP contribution in [0, 0.1) is 0 Å². The number of nitrogens with two attached hydrogens (primary N) is 1. The third-order valence-electron chi connectivity index (χ3n) is 2.36. The minimum Gasteiger partial charge on any atom is -0.385 e. The normalized spacial score (nSPS) is 12.2. The molecule has 0 atom stereocenters. The average molecular weight is 278 g/mol. The predicted molar refractivity (Wildman–Crippen MR) is 68.5 cm³/mol. The Morgan fingerprint density at radius 3 is 2.76 bits per heavy atom. The van der Waals surface area contributed by atoms with Gasteiger partial charge in [-0.15, -0.1) is 11.3 Å². The van der Waals surface area contributed by atoms with E-state index in [0.717, 1.165) is 4.88 Å². The first-order chi connectivity index (χ1) is 8.02. The van der Waals surface area contributed by atoms with Crippen LogP contribution in [0.5, 0.6) is 0 Å². The second-order valence-corrected chi connectivity index (χ2v) is 6.67. The Kier molecular flexibility index (Phi) is 5.54. The Labute approximate surface area is 106 Å². The summed E-state index contributed by atoms with van der Waals surface area (Å²) in [6, 6.07) is 1.63. The maximum absolute atomic E-state index is 12.1. The lowest BCUT2D eigenvalue weighted by Crippen LogP contribution is -2.28. The first-order valence-electron chi connectivity index (χ1n) is 5.25. The highest BCUT2D eigenvalue weighted by molar-refractivity contribution is 7.89. The summed E-state index contributed by atoms with van der Waals surface area (Å²) >= 11 is 1.37. The highest BCUT2D eigenvalue weighted by Crippen LogP contribution is 2.21. The van der Waals surface area contributed by atoms with Gasteiger partial charge < -0.3 is 10.5 Å². The first-order valence-corrected chi connectivity index (χ1v) is 7.57. The van der Waals surface area contributed by atoms with Crippen LogP contribution >= 0.6 is 11.3 Å². The second kappa shape index (κ2) is 6.46. The molecule has 5 nitrogen and oxygen atoms in total. The van der Waals surface area contributed by atoms with Gasteiger partial charge >= 0.3 is 0 Å². The summed E-state index contributed by atoms with van der Waals surface area (Å²) < 4.78 is 30.5. The molecular weight excluding hydrogens is 260 g/mol. The molecule has 0 fully saturated rings. The van der Waals surface area contributed by atoms with Crippen LogP contribution in [-0.2, 0) is 21.3 Å². The summed E-state index contributed by atoms with van der Waals surface area (Å²) in [5, 5.41) is 1.63. The molecule has 98 valence electrons. The van der Waals surface area contributed by atoms with Crippen molar-refractivity contribution in [1.29, 1.82) is 0 Å². The lowest BCUT2D eigenvalue weighted by molar-refractivity contribution is 0.189. The number of thiophene rings is 1. The average Bonchev–Trinajstić information content (AvgIpc) is 2.78. The molecular formula is C10H18N2O3S2. The molecule has 2 N–H and O–H groups in total. The van der Waals surface area contributed by atoms with E-state index in [1.165, 1.54) is 15.6 Å². The summed E-state index contributed by atoms with van der Waals surface area (Å²) in [7, 11) is -0.204. The Balaban J connectivity index is 2.73. The fourth-order valence-electron chi connectivity index (χ4n) is 1.33. The molecule has 0 aromatic carbocycles. The van der Waals surface area contributed by atoms with Gasteiger partial charge in [-0.1, -0.05) is 0 Å². The molecule has 1 rings (SSSR count). The van der Waals surface area contributed by atoms with Crippen molar-refractivity contribution in [3.63, 3.8) is 0 Å². The molecule has 0 saturated carbocycles. The van der Waals surface area contributed by atoms with Gasteiger partial charge in [0, 0.05) is 44.1 Å². The molecule has 17 heavy (non-hydrogen) atoms. The van der Waals surface area contributed by atoms with Crippen LogP contribution in [0.3, 0.4) is 0 Å². The minimum atomic E-state index is -3.38. The highest BCUT2D eigenvalue weighted by atomic mass is 32.2. The van der Waals surface area contributed by atoms with Gasteiger partial charge in [-0.05, 0) is 12.5 Å². The van der Waals surface area contributed by atoms with Gasteiger partial charge in [-0.3, -0.25) is 0 Å². The molecule has 0 aliphatic rings. The van der Waals surface area contributed by atoms with Crippen molar-refractivity contribution in [2.45, 2.75) is 17.9 Å². The SMILES string of the molecule is COCCCN(C)S(=O)(=O)c1csc(CN)c1. The Bertz CT molecular complexity index is 442. The van der Waals surface area contributed by atoms with Gasteiger partial charge in [-0.2, -0.15) is 0 Å². The Hall–Kier alpha value is -0.470. The summed E-state index contributed by atoms with van der Waals surface area (Å²) in [5.41, 5.74) is 5.47. The molecule has 0 aliphatic heterocycles. The summed E-state index contributed by atoms with van der Waals surface area (Å²) in [6.07, 6.45) is 0.681. The van der Waals surface area contributed by atoms with Gasteiger partial charge in [-0.25, -0.2) is 12.7 Å². The molecule has 7 heteroatoms. The van der Waals surface area contributed by atoms with Crippen molar-refractivity contribution in [3.05, 3.63) is 16.3 Å². The van der Waals surface area contributed by atoms with E-state index in [2.05, 4.69) is 0 Å². The minimum absolute atomic E-state index is 0.322. The Morgan fingerprint density at radius 2 is 2.24 bits per heavy atom. The van der Waals surface area contributed by atoms with Gasteiger partial charge in [0.2, 0.25) is 10.0 Å². The maximum atomic E-state index is 12.1. The van der Waals surface area contributed by atoms with Crippen molar-refractivity contribution in [1.82, 2.24) is 4.31 Å². The summed E-state index contributed by atoms with van der Waals surface area (Å²) in [5.74, 6) is 0. The van der Waals surface area contributed by atoms with Crippen molar-refractivity contribution in [2.75, 3.05) is 27.3 Å². The van der Waals surface area contributed by atoms with Crippen LogP contribution in [-0.4, -0.2) is 40.0 Å². The predicted octanol–water partition coefficient (Wildman–Crippen LogP) is 0.864. The molecule has 1 aromatic heterocycles. The smallest absolute Gasteiger partial charge is 0.243 e. The second-order valence-electron chi connectivity index (χ2n) is 3.63. The van der Waals surface area contributed by atoms with E-state index in [1.807, 2.05) is 0 Å². The third-order valence-corrected chi connectivity index (χ3v) is 5.30. The zero-order chi connectivity index (χ0) is 12.9. The first kappa shape index (κ1) is 14.6. The van der Waals surface area contributed by atoms with Crippen LogP contribution in [0.1, 0.15) is 11.3 Å². The van der Waals surface area contributed by atoms with E-state index in [1.54, 1.807) is 25.6 Å². The van der Waals surface area contributed by atoms with Crippen molar-refractivity contribution < 1.29 is 13.2 Å². The number of methoxy groups -OCH3 is 1. The van der Waals surface area contributed by atoms with E-state index >= 15 is 0 Å². The van der Waals surface area contributed by atoms with Crippen LogP contribution in [0.15, 0.2) is 16.3 Å². The quantitative estimate of drug-likeness (QED) is 0.751. The van der Waals surface area contributed by atoms with E-state index in [0.29, 0.717) is 31.0 Å². The van der Waals surface area contributed by atoms with Crippen molar-refractivity contribution in [3.8, 4) is 0 Å². The standard InChI is InChI=1S/C10H18N2O3S2/c1-12(4-3-5-15-2)17(13,14)10-6-9(7-11)16-8-10/h6,8H,3-5,7,11H2,1-2H3. The molecule has 0 saturated heterocycles. The molecule has 1 heterocycles. The van der Waals surface area contributed by atoms with Gasteiger partial charge in [0.15, 0.2) is 0 Å². The molecule has 0 radical (unpaired) electrons. The van der Waals surface area contributed by atoms with Gasteiger partial charge in [0.25, 0.3) is 0 Å². The lowest BCUT2D eigenvalue weighted by Gasteiger charge is -2.15. The van der Waals surface area contributed by atoms with E-state index in [9.17, 15) is 8.42 Å². The third kappa shape index (κ3) is 3.75. The molecule has 0 unspecified atom stereocenters. The van der Waals surface area contributed by atoms with Gasteiger partial charge in [0.1, 0.15) is 0 Å². The molecule has 0 bridgehead atoms. The number of nitrogens with zero attached hydrogens (tertiary/aromatic N) is 1. The number of hydrogen-bond donors (Lipinski definition) is 1. The van der Waals surface area contributed by atoms with E-state index < -0.39 is 10.0 Å². The number of ether oxygens (including phenoxy) is 1. The molecule has 0 aliphatic carbocycles. The maximum Gasteiger partial charge on any atom is 0.243 e. The van der Waals surface area contributed by atoms with Crippen molar-refractivity contribution in [2.24, 2.45) is 5.73 Å². The topological polar surface area (TPSA) is 72.6 Å². The molecule has 0 spiro atoms. The number of rotatable bonds is 7. The van der Waals surface area contributed by atoms with Crippen LogP contribution in [0.2, 0.25) is 0 Å². The zero-order valence-corrected chi connectivity index (χ0v) is 11.7. The van der Waals surface area contributed by atoms with Crippen LogP contribution < -0.4 is 5.73 Å². The van der Waals surface area contributed by atoms with E-state index in [4.69, 9.17) is 10.5 Å². The van der Waals surface area contributed by atoms with Crippen LogP contribution in [0.25, 0.3) is 0 Å². The van der Waals surface area contributed by atoms with Gasteiger partial charge in [0.05, 0.1) is 4.90 Å². The monoisotopic (exact) mass is 278 g/mol. The fourth-order valence-corrected chi connectivity index (χ4v) is 3.69. The summed E-state index contributed by atoms with van der Waals surface area (Å²) in [6.45, 7) is 1.37. The molecule has 0 amide bonds. The lowest BCUT2D eigenvalue weighted by atomic mass is 10.4. The van der Waals surface area contributed by atoms with Crippen molar-refractivity contribution >= 4 is 21.4 Å². The molecule has 1 aromatic rings. The largest absolute Gasteiger partial charge is 0.385 e. The highest BCUT2D eigenvalue weighted by Gasteiger charge is 2.21. The fraction of sp³-hybridized carbons (Fsp3) is 0.600. The summed E-state index contributed by atoms with van der Waals surface area (Å²) in [4.78, 5) is 1.19.